The van der Waals surface area contributed by atoms with Gasteiger partial charge >= 0.3 is 0 Å². The molecule has 0 saturated carbocycles. The highest BCUT2D eigenvalue weighted by Gasteiger charge is 2.16. The number of nitrogens with zero attached hydrogens (tertiary/aromatic N) is 1. The van der Waals surface area contributed by atoms with Crippen molar-refractivity contribution in [1.82, 2.24) is 10.2 Å². The molecule has 0 aliphatic carbocycles. The van der Waals surface area contributed by atoms with E-state index >= 15 is 0 Å². The van der Waals surface area contributed by atoms with Crippen LogP contribution in [0.4, 0.5) is 0 Å². The molecule has 1 rings (SSSR count). The van der Waals surface area contributed by atoms with Crippen LogP contribution in [0.2, 0.25) is 0 Å². The Morgan fingerprint density at radius 2 is 2.43 bits per heavy atom. The van der Waals surface area contributed by atoms with Crippen LogP contribution < -0.4 is 5.32 Å². The molecule has 1 atom stereocenters. The van der Waals surface area contributed by atoms with E-state index in [2.05, 4.69) is 29.1 Å². The Balaban J connectivity index is 2.02. The molecule has 1 fully saturated rings. The van der Waals surface area contributed by atoms with Crippen LogP contribution in [0.1, 0.15) is 13.3 Å². The maximum Gasteiger partial charge on any atom is 0.0826 e. The summed E-state index contributed by atoms with van der Waals surface area (Å²) in [5.74, 6) is 5.91. The lowest BCUT2D eigenvalue weighted by Gasteiger charge is -2.30. The standard InChI is InChI=1S/C11H20N2O/c1-3-4-5-6-12-9-11-10-13(2)7-8-14-11/h11-12H,5-10H2,1-2H3. The van der Waals surface area contributed by atoms with Crippen LogP contribution >= 0.6 is 0 Å². The molecule has 1 saturated heterocycles. The molecule has 1 aliphatic heterocycles. The average Bonchev–Trinajstić information content (AvgIpc) is 2.18. The number of morpholine rings is 1. The lowest BCUT2D eigenvalue weighted by atomic mass is 10.3. The van der Waals surface area contributed by atoms with E-state index in [-0.39, 0.29) is 0 Å². The van der Waals surface area contributed by atoms with Gasteiger partial charge in [0.05, 0.1) is 12.7 Å². The predicted molar refractivity (Wildman–Crippen MR) is 58.2 cm³/mol. The Morgan fingerprint density at radius 1 is 1.57 bits per heavy atom. The summed E-state index contributed by atoms with van der Waals surface area (Å²) in [6.07, 6.45) is 1.28. The highest BCUT2D eigenvalue weighted by molar-refractivity contribution is 4.95. The summed E-state index contributed by atoms with van der Waals surface area (Å²) in [5.41, 5.74) is 0. The molecule has 0 aromatic carbocycles. The molecule has 3 heteroatoms. The van der Waals surface area contributed by atoms with Crippen LogP contribution in [0.5, 0.6) is 0 Å². The topological polar surface area (TPSA) is 24.5 Å². The van der Waals surface area contributed by atoms with Gasteiger partial charge in [0.25, 0.3) is 0 Å². The molecule has 80 valence electrons. The number of likely N-dealkylation sites (N-methyl/N-ethyl adjacent to an activating group) is 1. The molecule has 0 spiro atoms. The monoisotopic (exact) mass is 196 g/mol. The Bertz CT molecular complexity index is 207. The predicted octanol–water partition coefficient (Wildman–Crippen LogP) is 0.320. The first-order valence-corrected chi connectivity index (χ1v) is 5.23. The Kier molecular flexibility index (Phi) is 5.62. The van der Waals surface area contributed by atoms with Crippen molar-refractivity contribution in [2.75, 3.05) is 39.8 Å². The molecular formula is C11H20N2O. The fourth-order valence-corrected chi connectivity index (χ4v) is 1.53. The molecular weight excluding hydrogens is 176 g/mol. The molecule has 0 bridgehead atoms. The summed E-state index contributed by atoms with van der Waals surface area (Å²) in [6.45, 7) is 6.72. The number of ether oxygens (including phenoxy) is 1. The second-order valence-corrected chi connectivity index (χ2v) is 3.64. The molecule has 0 radical (unpaired) electrons. The van der Waals surface area contributed by atoms with Crippen molar-refractivity contribution in [2.24, 2.45) is 0 Å². The molecule has 1 unspecified atom stereocenters. The van der Waals surface area contributed by atoms with Crippen molar-refractivity contribution in [3.05, 3.63) is 0 Å². The van der Waals surface area contributed by atoms with Crippen LogP contribution in [-0.4, -0.2) is 50.8 Å². The van der Waals surface area contributed by atoms with Crippen molar-refractivity contribution in [3.63, 3.8) is 0 Å². The zero-order valence-corrected chi connectivity index (χ0v) is 9.18. The third-order valence-electron chi connectivity index (χ3n) is 2.32. The van der Waals surface area contributed by atoms with Crippen molar-refractivity contribution in [2.45, 2.75) is 19.4 Å². The number of hydrogen-bond acceptors (Lipinski definition) is 3. The quantitative estimate of drug-likeness (QED) is 0.518. The van der Waals surface area contributed by atoms with Gasteiger partial charge in [0.15, 0.2) is 0 Å². The Hall–Kier alpha value is -0.560. The van der Waals surface area contributed by atoms with Gasteiger partial charge in [-0.05, 0) is 14.0 Å². The summed E-state index contributed by atoms with van der Waals surface area (Å²) >= 11 is 0. The number of nitrogens with one attached hydrogen (secondary N) is 1. The minimum atomic E-state index is 0.350. The summed E-state index contributed by atoms with van der Waals surface area (Å²) in [7, 11) is 2.14. The molecule has 0 amide bonds. The molecule has 0 aromatic rings. The first-order chi connectivity index (χ1) is 6.83. The SMILES string of the molecule is CC#CCCNCC1CN(C)CCO1. The van der Waals surface area contributed by atoms with Gasteiger partial charge in [0.1, 0.15) is 0 Å². The fraction of sp³-hybridized carbons (Fsp3) is 0.818. The van der Waals surface area contributed by atoms with E-state index in [1.54, 1.807) is 0 Å². The van der Waals surface area contributed by atoms with Gasteiger partial charge in [0.2, 0.25) is 0 Å². The van der Waals surface area contributed by atoms with Crippen molar-refractivity contribution >= 4 is 0 Å². The first-order valence-electron chi connectivity index (χ1n) is 5.23. The average molecular weight is 196 g/mol. The lowest BCUT2D eigenvalue weighted by Crippen LogP contribution is -2.44. The second-order valence-electron chi connectivity index (χ2n) is 3.64. The van der Waals surface area contributed by atoms with Gasteiger partial charge in [0, 0.05) is 32.6 Å². The van der Waals surface area contributed by atoms with Gasteiger partial charge in [-0.2, -0.15) is 0 Å². The third-order valence-corrected chi connectivity index (χ3v) is 2.32. The maximum atomic E-state index is 5.61. The van der Waals surface area contributed by atoms with Crippen molar-refractivity contribution in [3.8, 4) is 11.8 Å². The highest BCUT2D eigenvalue weighted by Crippen LogP contribution is 2.01. The van der Waals surface area contributed by atoms with E-state index in [9.17, 15) is 0 Å². The van der Waals surface area contributed by atoms with Gasteiger partial charge in [-0.1, -0.05) is 0 Å². The summed E-state index contributed by atoms with van der Waals surface area (Å²) in [6, 6.07) is 0. The molecule has 1 heterocycles. The van der Waals surface area contributed by atoms with E-state index in [4.69, 9.17) is 4.74 Å². The minimum absolute atomic E-state index is 0.350. The van der Waals surface area contributed by atoms with Crippen molar-refractivity contribution < 1.29 is 4.74 Å². The van der Waals surface area contributed by atoms with E-state index in [0.717, 1.165) is 39.2 Å². The van der Waals surface area contributed by atoms with Gasteiger partial charge in [-0.25, -0.2) is 0 Å². The Labute approximate surface area is 86.8 Å². The zero-order chi connectivity index (χ0) is 10.2. The Morgan fingerprint density at radius 3 is 3.14 bits per heavy atom. The van der Waals surface area contributed by atoms with Crippen LogP contribution in [-0.2, 0) is 4.74 Å². The summed E-state index contributed by atoms with van der Waals surface area (Å²) in [5, 5.41) is 3.36. The highest BCUT2D eigenvalue weighted by atomic mass is 16.5. The normalized spacial score (nSPS) is 22.9. The summed E-state index contributed by atoms with van der Waals surface area (Å²) in [4.78, 5) is 2.31. The molecule has 1 aliphatic rings. The van der Waals surface area contributed by atoms with Gasteiger partial charge in [-0.15, -0.1) is 11.8 Å². The third kappa shape index (κ3) is 4.61. The number of rotatable bonds is 4. The largest absolute Gasteiger partial charge is 0.374 e. The smallest absolute Gasteiger partial charge is 0.0826 e. The van der Waals surface area contributed by atoms with Crippen LogP contribution in [0.15, 0.2) is 0 Å². The van der Waals surface area contributed by atoms with Crippen molar-refractivity contribution in [1.29, 1.82) is 0 Å². The first kappa shape index (κ1) is 11.5. The minimum Gasteiger partial charge on any atom is -0.374 e. The van der Waals surface area contributed by atoms with E-state index in [0.29, 0.717) is 6.10 Å². The van der Waals surface area contributed by atoms with Crippen LogP contribution in [0.3, 0.4) is 0 Å². The zero-order valence-electron chi connectivity index (χ0n) is 9.18. The van der Waals surface area contributed by atoms with E-state index in [1.807, 2.05) is 6.92 Å². The lowest BCUT2D eigenvalue weighted by molar-refractivity contribution is -0.0179. The van der Waals surface area contributed by atoms with E-state index in [1.165, 1.54) is 0 Å². The summed E-state index contributed by atoms with van der Waals surface area (Å²) < 4.78 is 5.61. The van der Waals surface area contributed by atoms with Crippen LogP contribution in [0, 0.1) is 11.8 Å². The number of hydrogen-bond donors (Lipinski definition) is 1. The second kappa shape index (κ2) is 6.83. The van der Waals surface area contributed by atoms with Gasteiger partial charge < -0.3 is 15.0 Å². The maximum absolute atomic E-state index is 5.61. The fourth-order valence-electron chi connectivity index (χ4n) is 1.53. The van der Waals surface area contributed by atoms with Crippen LogP contribution in [0.25, 0.3) is 0 Å². The molecule has 1 N–H and O–H groups in total. The molecule has 0 aromatic heterocycles. The molecule has 14 heavy (non-hydrogen) atoms. The van der Waals surface area contributed by atoms with E-state index < -0.39 is 0 Å². The van der Waals surface area contributed by atoms with Gasteiger partial charge in [-0.3, -0.25) is 0 Å². The molecule has 3 nitrogen and oxygen atoms in total.